The quantitative estimate of drug-likeness (QED) is 0.143. The molecular weight excluding hydrogens is 629 g/mol. The molecule has 274 valence electrons. The van der Waals surface area contributed by atoms with E-state index in [9.17, 15) is 0 Å². The van der Waals surface area contributed by atoms with Gasteiger partial charge in [-0.1, -0.05) is 110 Å². The Balaban J connectivity index is 1.47. The number of pyridine rings is 2. The predicted molar refractivity (Wildman–Crippen MR) is 221 cm³/mol. The number of aryl methyl sites for hydroxylation is 2. The number of unbranched alkanes of at least 4 members (excludes halogenated alkanes) is 1. The summed E-state index contributed by atoms with van der Waals surface area (Å²) in [6.45, 7) is 19.4. The van der Waals surface area contributed by atoms with E-state index in [0.717, 1.165) is 31.4 Å². The van der Waals surface area contributed by atoms with Crippen molar-refractivity contribution in [2.75, 3.05) is 0 Å². The molecule has 2 bridgehead atoms. The molecule has 2 heteroatoms. The molecule has 1 fully saturated rings. The summed E-state index contributed by atoms with van der Waals surface area (Å²) in [7, 11) is 2.30. The molecule has 0 N–H and O–H groups in total. The number of hydrogen-bond acceptors (Lipinski definition) is 1. The number of fused-ring (bicyclic) bond motifs is 3. The Hall–Kier alpha value is -3.52. The van der Waals surface area contributed by atoms with E-state index >= 15 is 0 Å². The Morgan fingerprint density at radius 1 is 0.827 bits per heavy atom. The molecule has 1 unspecified atom stereocenters. The maximum Gasteiger partial charge on any atom is 0.213 e. The van der Waals surface area contributed by atoms with E-state index in [2.05, 4.69) is 128 Å². The lowest BCUT2D eigenvalue weighted by atomic mass is 9.63. The first-order valence-corrected chi connectivity index (χ1v) is 20.9. The molecule has 0 aliphatic heterocycles. The van der Waals surface area contributed by atoms with E-state index in [1.807, 2.05) is 12.3 Å². The lowest BCUT2D eigenvalue weighted by molar-refractivity contribution is -0.661. The second-order valence-electron chi connectivity index (χ2n) is 18.3. The van der Waals surface area contributed by atoms with Gasteiger partial charge in [-0.15, -0.1) is 0 Å². The third kappa shape index (κ3) is 6.62. The van der Waals surface area contributed by atoms with Gasteiger partial charge in [-0.2, -0.15) is 0 Å². The molecular formula is C50H65N2+. The number of nitrogens with zero attached hydrogens (tertiary/aromatic N) is 2. The molecule has 52 heavy (non-hydrogen) atoms. The van der Waals surface area contributed by atoms with Crippen LogP contribution in [0.15, 0.2) is 72.6 Å². The molecule has 4 aromatic rings. The molecule has 1 saturated carbocycles. The summed E-state index contributed by atoms with van der Waals surface area (Å²) in [6.07, 6.45) is 21.8. The van der Waals surface area contributed by atoms with Crippen LogP contribution in [0.3, 0.4) is 0 Å². The molecule has 8 rings (SSSR count). The van der Waals surface area contributed by atoms with Crippen LogP contribution >= 0.6 is 0 Å². The van der Waals surface area contributed by atoms with Crippen LogP contribution in [-0.2, 0) is 29.7 Å². The molecule has 0 radical (unpaired) electrons. The van der Waals surface area contributed by atoms with Gasteiger partial charge in [0, 0.05) is 28.8 Å². The highest BCUT2D eigenvalue weighted by molar-refractivity contribution is 5.77. The first-order valence-electron chi connectivity index (χ1n) is 20.9. The van der Waals surface area contributed by atoms with Crippen LogP contribution in [-0.4, -0.2) is 4.98 Å². The standard InChI is InChI=1S/C50H65N2/c1-10-13-17-34-19-24-39(46-18-14-15-27-51-46)43(28-34)50(8,12-3)38(16-11-2)29-37-30-40-35-20-22-36(23-21-35)41(40)31-42(37)47-32-44-45(33-52(47)9)49(6,7)26-25-48(44,4)5/h14-15,18-19,24,27-33,35-36H,10-13,16-17,20-23,25-26H2,1-9H3/q+1. The minimum atomic E-state index is -0.138. The number of rotatable bonds is 11. The minimum Gasteiger partial charge on any atom is -0.256 e. The summed E-state index contributed by atoms with van der Waals surface area (Å²) in [5.41, 5.74) is 17.6. The minimum absolute atomic E-state index is 0.138. The summed E-state index contributed by atoms with van der Waals surface area (Å²) in [5.74, 6) is 1.41. The van der Waals surface area contributed by atoms with Gasteiger partial charge in [0.25, 0.3) is 0 Å². The summed E-state index contributed by atoms with van der Waals surface area (Å²) in [4.78, 5) is 4.91. The molecule has 1 atom stereocenters. The lowest BCUT2D eigenvalue weighted by Gasteiger charge is -2.41. The largest absolute Gasteiger partial charge is 0.256 e. The topological polar surface area (TPSA) is 16.8 Å². The average molecular weight is 694 g/mol. The third-order valence-electron chi connectivity index (χ3n) is 13.9. The molecule has 2 heterocycles. The first kappa shape index (κ1) is 36.8. The predicted octanol–water partition coefficient (Wildman–Crippen LogP) is 13.2. The Bertz CT molecular complexity index is 1950. The van der Waals surface area contributed by atoms with Crippen LogP contribution in [0.4, 0.5) is 0 Å². The van der Waals surface area contributed by atoms with Gasteiger partial charge in [0.15, 0.2) is 6.20 Å². The van der Waals surface area contributed by atoms with Crippen molar-refractivity contribution in [1.29, 1.82) is 0 Å². The van der Waals surface area contributed by atoms with Crippen LogP contribution < -0.4 is 4.57 Å². The lowest BCUT2D eigenvalue weighted by Crippen LogP contribution is -2.40. The third-order valence-corrected chi connectivity index (χ3v) is 13.9. The van der Waals surface area contributed by atoms with Crippen molar-refractivity contribution >= 4 is 6.08 Å². The highest BCUT2D eigenvalue weighted by atomic mass is 14.9. The number of aromatic nitrogens is 2. The normalized spacial score (nSPS) is 21.4. The Kier molecular flexibility index (Phi) is 10.2. The second-order valence-corrected chi connectivity index (χ2v) is 18.3. The van der Waals surface area contributed by atoms with E-state index in [4.69, 9.17) is 4.98 Å². The Morgan fingerprint density at radius 3 is 2.15 bits per heavy atom. The summed E-state index contributed by atoms with van der Waals surface area (Å²) in [6, 6.07) is 21.6. The second kappa shape index (κ2) is 14.4. The van der Waals surface area contributed by atoms with Crippen LogP contribution in [0.2, 0.25) is 0 Å². The maximum atomic E-state index is 4.91. The molecule has 4 aliphatic carbocycles. The first-order chi connectivity index (χ1) is 24.9. The summed E-state index contributed by atoms with van der Waals surface area (Å²) in [5, 5.41) is 0. The van der Waals surface area contributed by atoms with Gasteiger partial charge in [0.1, 0.15) is 7.05 Å². The number of hydrogen-bond donors (Lipinski definition) is 0. The maximum absolute atomic E-state index is 4.91. The molecule has 2 aromatic heterocycles. The van der Waals surface area contributed by atoms with Gasteiger partial charge in [-0.05, 0) is 138 Å². The van der Waals surface area contributed by atoms with Crippen LogP contribution in [0.1, 0.15) is 177 Å². The Labute approximate surface area is 316 Å². The summed E-state index contributed by atoms with van der Waals surface area (Å²) < 4.78 is 2.47. The van der Waals surface area contributed by atoms with Crippen molar-refractivity contribution in [3.8, 4) is 22.5 Å². The van der Waals surface area contributed by atoms with Gasteiger partial charge in [-0.25, -0.2) is 4.57 Å². The molecule has 0 spiro atoms. The van der Waals surface area contributed by atoms with Crippen LogP contribution in [0, 0.1) is 0 Å². The molecule has 4 aliphatic rings. The average Bonchev–Trinajstić information content (AvgIpc) is 3.15. The van der Waals surface area contributed by atoms with Gasteiger partial charge >= 0.3 is 0 Å². The molecule has 0 saturated heterocycles. The van der Waals surface area contributed by atoms with Crippen molar-refractivity contribution in [3.05, 3.63) is 112 Å². The smallest absolute Gasteiger partial charge is 0.213 e. The molecule has 2 aromatic carbocycles. The summed E-state index contributed by atoms with van der Waals surface area (Å²) >= 11 is 0. The van der Waals surface area contributed by atoms with E-state index in [-0.39, 0.29) is 16.2 Å². The van der Waals surface area contributed by atoms with Crippen molar-refractivity contribution in [2.24, 2.45) is 7.05 Å². The van der Waals surface area contributed by atoms with Gasteiger partial charge < -0.3 is 0 Å². The zero-order chi connectivity index (χ0) is 36.8. The van der Waals surface area contributed by atoms with E-state index in [1.165, 1.54) is 90.4 Å². The number of benzene rings is 2. The monoisotopic (exact) mass is 694 g/mol. The fourth-order valence-corrected chi connectivity index (χ4v) is 10.2. The van der Waals surface area contributed by atoms with Crippen molar-refractivity contribution in [2.45, 2.75) is 161 Å². The van der Waals surface area contributed by atoms with Gasteiger partial charge in [-0.3, -0.25) is 4.98 Å². The molecule has 0 amide bonds. The van der Waals surface area contributed by atoms with Gasteiger partial charge in [0.2, 0.25) is 5.69 Å². The highest BCUT2D eigenvalue weighted by Gasteiger charge is 2.41. The zero-order valence-corrected chi connectivity index (χ0v) is 34.0. The fraction of sp³-hybridized carbons (Fsp3) is 0.520. The van der Waals surface area contributed by atoms with Crippen molar-refractivity contribution in [1.82, 2.24) is 4.98 Å². The van der Waals surface area contributed by atoms with Gasteiger partial charge in [0.05, 0.1) is 11.3 Å². The van der Waals surface area contributed by atoms with Crippen molar-refractivity contribution in [3.63, 3.8) is 0 Å². The van der Waals surface area contributed by atoms with Crippen LogP contribution in [0.5, 0.6) is 0 Å². The van der Waals surface area contributed by atoms with Crippen molar-refractivity contribution < 1.29 is 4.57 Å². The SMILES string of the molecule is CCCCc1ccc(-c2ccccn2)c(C(C)(CC)C(=Cc2cc3c(cc2-c2cc4c(c[n+]2C)C(C)(C)CCC4(C)C)C2CCC3CC2)CCC)c1. The Morgan fingerprint density at radius 2 is 1.52 bits per heavy atom. The molecule has 2 nitrogen and oxygen atoms in total. The van der Waals surface area contributed by atoms with E-state index in [1.54, 1.807) is 22.3 Å². The van der Waals surface area contributed by atoms with E-state index in [0.29, 0.717) is 11.8 Å². The highest BCUT2D eigenvalue weighted by Crippen LogP contribution is 2.52. The number of allylic oxidation sites excluding steroid dienone is 1. The van der Waals surface area contributed by atoms with Crippen LogP contribution in [0.25, 0.3) is 28.6 Å². The fourth-order valence-electron chi connectivity index (χ4n) is 10.2. The zero-order valence-electron chi connectivity index (χ0n) is 34.0. The van der Waals surface area contributed by atoms with E-state index < -0.39 is 0 Å².